The Bertz CT molecular complexity index is 215. The molecule has 0 spiro atoms. The van der Waals surface area contributed by atoms with Crippen molar-refractivity contribution in [3.63, 3.8) is 0 Å². The summed E-state index contributed by atoms with van der Waals surface area (Å²) in [6, 6.07) is -0.766. The summed E-state index contributed by atoms with van der Waals surface area (Å²) in [6.45, 7) is 0. The summed E-state index contributed by atoms with van der Waals surface area (Å²) in [5.41, 5.74) is 4.86. The Morgan fingerprint density at radius 2 is 2.40 bits per heavy atom. The van der Waals surface area contributed by atoms with E-state index in [1.807, 2.05) is 0 Å². The Balaban J connectivity index is 2.71. The van der Waals surface area contributed by atoms with E-state index >= 15 is 0 Å². The standard InChI is InChI=1S/C5H5N3O2/c6-5(10)3-1-2-4(9)8-7-3/h1-3H,(H2,6,10). The molecule has 1 aliphatic rings. The first kappa shape index (κ1) is 6.60. The second kappa shape index (κ2) is 2.38. The Kier molecular flexibility index (Phi) is 1.57. The zero-order valence-corrected chi connectivity index (χ0v) is 5.02. The van der Waals surface area contributed by atoms with Crippen LogP contribution in [0.5, 0.6) is 0 Å². The van der Waals surface area contributed by atoms with Crippen molar-refractivity contribution in [3.8, 4) is 0 Å². The number of carbonyl (C=O) groups is 2. The second-order valence-electron chi connectivity index (χ2n) is 1.76. The first-order valence-corrected chi connectivity index (χ1v) is 2.62. The lowest BCUT2D eigenvalue weighted by Gasteiger charge is -2.01. The van der Waals surface area contributed by atoms with E-state index in [0.29, 0.717) is 0 Å². The molecule has 0 aromatic heterocycles. The highest BCUT2D eigenvalue weighted by Gasteiger charge is 2.13. The van der Waals surface area contributed by atoms with E-state index in [9.17, 15) is 9.59 Å². The molecule has 2 N–H and O–H groups in total. The predicted octanol–water partition coefficient (Wildman–Crippen LogP) is -0.611. The van der Waals surface area contributed by atoms with E-state index < -0.39 is 17.9 Å². The van der Waals surface area contributed by atoms with Gasteiger partial charge in [-0.25, -0.2) is 0 Å². The average Bonchev–Trinajstić information content (AvgIpc) is 1.88. The number of amides is 2. The number of hydrogen-bond donors (Lipinski definition) is 1. The fourth-order valence-corrected chi connectivity index (χ4v) is 0.516. The zero-order chi connectivity index (χ0) is 7.56. The van der Waals surface area contributed by atoms with E-state index in [1.165, 1.54) is 12.2 Å². The number of carbonyl (C=O) groups excluding carboxylic acids is 2. The quantitative estimate of drug-likeness (QED) is 0.525. The summed E-state index contributed by atoms with van der Waals surface area (Å²) in [5.74, 6) is -1.06. The van der Waals surface area contributed by atoms with Crippen LogP contribution in [-0.4, -0.2) is 17.9 Å². The van der Waals surface area contributed by atoms with Crippen molar-refractivity contribution in [1.29, 1.82) is 0 Å². The van der Waals surface area contributed by atoms with Crippen LogP contribution in [0.4, 0.5) is 0 Å². The molecule has 0 radical (unpaired) electrons. The van der Waals surface area contributed by atoms with Crippen molar-refractivity contribution in [2.24, 2.45) is 16.0 Å². The second-order valence-corrected chi connectivity index (χ2v) is 1.76. The molecule has 0 saturated carbocycles. The van der Waals surface area contributed by atoms with Gasteiger partial charge in [-0.2, -0.15) is 5.11 Å². The predicted molar refractivity (Wildman–Crippen MR) is 32.0 cm³/mol. The van der Waals surface area contributed by atoms with E-state index in [1.54, 1.807) is 0 Å². The van der Waals surface area contributed by atoms with Crippen LogP contribution < -0.4 is 5.73 Å². The molecule has 0 aromatic rings. The maximum absolute atomic E-state index is 10.4. The summed E-state index contributed by atoms with van der Waals surface area (Å²) >= 11 is 0. The molecule has 1 atom stereocenters. The van der Waals surface area contributed by atoms with Crippen molar-refractivity contribution >= 4 is 11.8 Å². The van der Waals surface area contributed by atoms with Gasteiger partial charge in [0.05, 0.1) is 0 Å². The number of hydrogen-bond acceptors (Lipinski definition) is 3. The van der Waals surface area contributed by atoms with Crippen LogP contribution in [-0.2, 0) is 9.59 Å². The van der Waals surface area contributed by atoms with Gasteiger partial charge in [0.1, 0.15) is 0 Å². The van der Waals surface area contributed by atoms with E-state index in [0.717, 1.165) is 0 Å². The minimum Gasteiger partial charge on any atom is -0.367 e. The lowest BCUT2D eigenvalue weighted by atomic mass is 10.2. The molecule has 1 aliphatic heterocycles. The molecule has 5 heteroatoms. The summed E-state index contributed by atoms with van der Waals surface area (Å²) in [4.78, 5) is 20.7. The van der Waals surface area contributed by atoms with Crippen molar-refractivity contribution in [2.45, 2.75) is 6.04 Å². The van der Waals surface area contributed by atoms with Crippen molar-refractivity contribution in [3.05, 3.63) is 12.2 Å². The van der Waals surface area contributed by atoms with Gasteiger partial charge in [0.25, 0.3) is 5.91 Å². The largest absolute Gasteiger partial charge is 0.367 e. The first-order chi connectivity index (χ1) is 4.70. The molecule has 0 aliphatic carbocycles. The summed E-state index contributed by atoms with van der Waals surface area (Å²) in [5, 5.41) is 6.46. The number of azo groups is 1. The fourth-order valence-electron chi connectivity index (χ4n) is 0.516. The molecule has 5 nitrogen and oxygen atoms in total. The van der Waals surface area contributed by atoms with Crippen LogP contribution in [0.2, 0.25) is 0 Å². The third kappa shape index (κ3) is 1.25. The topological polar surface area (TPSA) is 84.9 Å². The van der Waals surface area contributed by atoms with Gasteiger partial charge >= 0.3 is 0 Å². The van der Waals surface area contributed by atoms with Gasteiger partial charge in [-0.05, 0) is 6.08 Å². The molecule has 10 heavy (non-hydrogen) atoms. The minimum absolute atomic E-state index is 0.461. The summed E-state index contributed by atoms with van der Waals surface area (Å²) in [7, 11) is 0. The molecular formula is C5H5N3O2. The van der Waals surface area contributed by atoms with E-state index in [4.69, 9.17) is 5.73 Å². The van der Waals surface area contributed by atoms with Gasteiger partial charge in [0.2, 0.25) is 5.91 Å². The van der Waals surface area contributed by atoms with Crippen LogP contribution in [0.1, 0.15) is 0 Å². The maximum Gasteiger partial charge on any atom is 0.287 e. The lowest BCUT2D eigenvalue weighted by Crippen LogP contribution is -2.26. The van der Waals surface area contributed by atoms with Crippen LogP contribution >= 0.6 is 0 Å². The Morgan fingerprint density at radius 3 is 2.80 bits per heavy atom. The SMILES string of the molecule is NC(=O)C1C=CC(=O)N=N1. The van der Waals surface area contributed by atoms with Crippen molar-refractivity contribution in [2.75, 3.05) is 0 Å². The Labute approximate surface area is 56.6 Å². The summed E-state index contributed by atoms with van der Waals surface area (Å²) in [6.07, 6.45) is 2.49. The van der Waals surface area contributed by atoms with Crippen LogP contribution in [0.15, 0.2) is 22.4 Å². The Morgan fingerprint density at radius 1 is 1.70 bits per heavy atom. The van der Waals surface area contributed by atoms with E-state index in [-0.39, 0.29) is 0 Å². The maximum atomic E-state index is 10.4. The van der Waals surface area contributed by atoms with Gasteiger partial charge in [0.15, 0.2) is 6.04 Å². The fraction of sp³-hybridized carbons (Fsp3) is 0.200. The third-order valence-electron chi connectivity index (χ3n) is 0.993. The molecule has 1 heterocycles. The Hall–Kier alpha value is -1.52. The summed E-state index contributed by atoms with van der Waals surface area (Å²) < 4.78 is 0. The van der Waals surface area contributed by atoms with Crippen molar-refractivity contribution < 1.29 is 9.59 Å². The minimum atomic E-state index is -0.766. The molecular weight excluding hydrogens is 134 g/mol. The third-order valence-corrected chi connectivity index (χ3v) is 0.993. The van der Waals surface area contributed by atoms with Crippen LogP contribution in [0, 0.1) is 0 Å². The normalized spacial score (nSPS) is 23.2. The lowest BCUT2D eigenvalue weighted by molar-refractivity contribution is -0.118. The zero-order valence-electron chi connectivity index (χ0n) is 5.02. The molecule has 0 aromatic carbocycles. The van der Waals surface area contributed by atoms with Crippen molar-refractivity contribution in [1.82, 2.24) is 0 Å². The molecule has 0 fully saturated rings. The molecule has 1 unspecified atom stereocenters. The number of nitrogens with zero attached hydrogens (tertiary/aromatic N) is 2. The smallest absolute Gasteiger partial charge is 0.287 e. The van der Waals surface area contributed by atoms with Gasteiger partial charge in [-0.15, -0.1) is 5.11 Å². The first-order valence-electron chi connectivity index (χ1n) is 2.62. The van der Waals surface area contributed by atoms with Gasteiger partial charge in [-0.1, -0.05) is 0 Å². The van der Waals surface area contributed by atoms with Gasteiger partial charge < -0.3 is 5.73 Å². The van der Waals surface area contributed by atoms with Gasteiger partial charge in [-0.3, -0.25) is 9.59 Å². The highest BCUT2D eigenvalue weighted by molar-refractivity contribution is 5.92. The molecule has 2 amide bonds. The monoisotopic (exact) mass is 139 g/mol. The average molecular weight is 139 g/mol. The molecule has 0 bridgehead atoms. The van der Waals surface area contributed by atoms with Crippen LogP contribution in [0.3, 0.4) is 0 Å². The highest BCUT2D eigenvalue weighted by atomic mass is 16.2. The van der Waals surface area contributed by atoms with Crippen LogP contribution in [0.25, 0.3) is 0 Å². The molecule has 52 valence electrons. The number of primary amides is 1. The van der Waals surface area contributed by atoms with E-state index in [2.05, 4.69) is 10.2 Å². The molecule has 1 rings (SSSR count). The highest BCUT2D eigenvalue weighted by Crippen LogP contribution is 2.00. The van der Waals surface area contributed by atoms with Gasteiger partial charge in [0, 0.05) is 6.08 Å². The number of nitrogens with two attached hydrogens (primary N) is 1. The number of rotatable bonds is 1. The molecule has 0 saturated heterocycles.